The molecule has 4 atom stereocenters. The summed E-state index contributed by atoms with van der Waals surface area (Å²) < 4.78 is 4.25. The highest BCUT2D eigenvalue weighted by atomic mass is 15.4. The summed E-state index contributed by atoms with van der Waals surface area (Å²) >= 11 is 0. The summed E-state index contributed by atoms with van der Waals surface area (Å²) in [6.07, 6.45) is 20.7. The summed E-state index contributed by atoms with van der Waals surface area (Å²) in [5.41, 5.74) is 5.42. The molecule has 0 amide bonds. The molecule has 4 aromatic heterocycles. The van der Waals surface area contributed by atoms with Crippen molar-refractivity contribution in [3.05, 3.63) is 33.8 Å². The molecular formula is C37H62N8. The van der Waals surface area contributed by atoms with Gasteiger partial charge in [0.2, 0.25) is 0 Å². The van der Waals surface area contributed by atoms with Gasteiger partial charge in [-0.05, 0) is 57.4 Å². The molecule has 0 aromatic carbocycles. The third-order valence-electron chi connectivity index (χ3n) is 10.2. The molecule has 0 fully saturated rings. The monoisotopic (exact) mass is 619 g/mol. The Morgan fingerprint density at radius 2 is 1.07 bits per heavy atom. The fourth-order valence-electron chi connectivity index (χ4n) is 7.16. The molecule has 0 bridgehead atoms. The second kappa shape index (κ2) is 17.2. The first-order valence-electron chi connectivity index (χ1n) is 18.7. The Morgan fingerprint density at radius 3 is 1.60 bits per heavy atom. The highest BCUT2D eigenvalue weighted by Gasteiger charge is 2.27. The average Bonchev–Trinajstić information content (AvgIpc) is 3.82. The normalized spacial score (nSPS) is 15.4. The number of nitrogens with one attached hydrogen (secondary N) is 1. The lowest BCUT2D eigenvalue weighted by atomic mass is 9.91. The molecule has 250 valence electrons. The van der Waals surface area contributed by atoms with Crippen molar-refractivity contribution in [2.45, 2.75) is 182 Å². The zero-order valence-electron chi connectivity index (χ0n) is 29.8. The predicted octanol–water partition coefficient (Wildman–Crippen LogP) is 9.78. The lowest BCUT2D eigenvalue weighted by Crippen LogP contribution is -2.13. The SMILES string of the molecule is CCCCC(CC)c1nn2c(C(CC)CCCC)n[nH]c2c1/C=c1/c(C(CC)CCCC)nn2c(C(CC)CCCC)nnc12. The van der Waals surface area contributed by atoms with Crippen molar-refractivity contribution in [1.29, 1.82) is 0 Å². The minimum atomic E-state index is 0.368. The van der Waals surface area contributed by atoms with Gasteiger partial charge in [0, 0.05) is 34.5 Å². The van der Waals surface area contributed by atoms with Crippen molar-refractivity contribution in [3.63, 3.8) is 0 Å². The van der Waals surface area contributed by atoms with Crippen molar-refractivity contribution < 1.29 is 0 Å². The first-order valence-corrected chi connectivity index (χ1v) is 18.7. The first-order chi connectivity index (χ1) is 22.0. The van der Waals surface area contributed by atoms with E-state index in [-0.39, 0.29) is 0 Å². The maximum atomic E-state index is 5.39. The zero-order chi connectivity index (χ0) is 32.3. The lowest BCUT2D eigenvalue weighted by molar-refractivity contribution is 0.521. The van der Waals surface area contributed by atoms with Crippen LogP contribution < -0.4 is 5.22 Å². The summed E-state index contributed by atoms with van der Waals surface area (Å²) in [6, 6.07) is 0. The molecule has 0 aliphatic heterocycles. The van der Waals surface area contributed by atoms with E-state index in [1.54, 1.807) is 0 Å². The minimum absolute atomic E-state index is 0.368. The highest BCUT2D eigenvalue weighted by molar-refractivity contribution is 5.71. The standard InChI is InChI=1S/C37H62N8/c1-9-17-21-26(13-5)32-30(36-40-38-34(44(36)42-32)28(15-7)23-19-11-3)25-31-33(27(14-6)22-18-10-2)43-45-35(39-41-37(31)45)29(16-8)24-20-12-4/h25-29,40H,9-24H2,1-8H3/b31-25-. The van der Waals surface area contributed by atoms with Crippen LogP contribution in [0.5, 0.6) is 0 Å². The van der Waals surface area contributed by atoms with Gasteiger partial charge in [-0.1, -0.05) is 107 Å². The van der Waals surface area contributed by atoms with Crippen LogP contribution in [0, 0.1) is 0 Å². The minimum Gasteiger partial charge on any atom is -0.259 e. The third-order valence-corrected chi connectivity index (χ3v) is 10.2. The molecule has 8 nitrogen and oxygen atoms in total. The number of fused-ring (bicyclic) bond motifs is 2. The van der Waals surface area contributed by atoms with Gasteiger partial charge in [-0.25, -0.2) is 0 Å². The van der Waals surface area contributed by atoms with Crippen molar-refractivity contribution in [3.8, 4) is 0 Å². The smallest absolute Gasteiger partial charge is 0.186 e. The van der Waals surface area contributed by atoms with E-state index in [4.69, 9.17) is 25.5 Å². The fraction of sp³-hybridized carbons (Fsp3) is 0.757. The summed E-state index contributed by atoms with van der Waals surface area (Å²) in [5, 5.41) is 29.9. The van der Waals surface area contributed by atoms with Crippen molar-refractivity contribution >= 4 is 17.4 Å². The zero-order valence-corrected chi connectivity index (χ0v) is 29.8. The van der Waals surface area contributed by atoms with E-state index >= 15 is 0 Å². The molecule has 0 saturated heterocycles. The van der Waals surface area contributed by atoms with Gasteiger partial charge >= 0.3 is 0 Å². The molecule has 4 aromatic rings. The van der Waals surface area contributed by atoms with Gasteiger partial charge in [-0.2, -0.15) is 24.3 Å². The number of unbranched alkanes of at least 4 members (excludes halogenated alkanes) is 4. The number of hydrogen-bond acceptors (Lipinski definition) is 5. The van der Waals surface area contributed by atoms with Gasteiger partial charge in [0.1, 0.15) is 0 Å². The van der Waals surface area contributed by atoms with Crippen LogP contribution in [0.4, 0.5) is 0 Å². The van der Waals surface area contributed by atoms with Gasteiger partial charge in [0.25, 0.3) is 0 Å². The Labute approximate surface area is 272 Å². The largest absolute Gasteiger partial charge is 0.259 e. The van der Waals surface area contributed by atoms with Crippen LogP contribution in [-0.2, 0) is 0 Å². The van der Waals surface area contributed by atoms with E-state index in [1.165, 1.54) is 62.8 Å². The Bertz CT molecular complexity index is 1490. The van der Waals surface area contributed by atoms with E-state index in [9.17, 15) is 0 Å². The second-order valence-corrected chi connectivity index (χ2v) is 13.4. The summed E-state index contributed by atoms with van der Waals surface area (Å²) in [4.78, 5) is 0. The van der Waals surface area contributed by atoms with Crippen molar-refractivity contribution in [2.75, 3.05) is 0 Å². The Morgan fingerprint density at radius 1 is 0.578 bits per heavy atom. The van der Waals surface area contributed by atoms with Gasteiger partial charge in [0.15, 0.2) is 22.9 Å². The average molecular weight is 619 g/mol. The summed E-state index contributed by atoms with van der Waals surface area (Å²) in [7, 11) is 0. The molecule has 4 heterocycles. The van der Waals surface area contributed by atoms with Crippen LogP contribution in [0.2, 0.25) is 0 Å². The Balaban J connectivity index is 2.00. The van der Waals surface area contributed by atoms with E-state index in [2.05, 4.69) is 75.6 Å². The highest BCUT2D eigenvalue weighted by Crippen LogP contribution is 2.33. The van der Waals surface area contributed by atoms with Crippen molar-refractivity contribution in [2.24, 2.45) is 0 Å². The molecule has 4 rings (SSSR count). The second-order valence-electron chi connectivity index (χ2n) is 13.4. The molecule has 0 radical (unpaired) electrons. The lowest BCUT2D eigenvalue weighted by Gasteiger charge is -2.14. The van der Waals surface area contributed by atoms with Crippen LogP contribution in [0.3, 0.4) is 0 Å². The maximum absolute atomic E-state index is 5.39. The van der Waals surface area contributed by atoms with Gasteiger partial charge in [-0.15, -0.1) is 10.2 Å². The fourth-order valence-corrected chi connectivity index (χ4v) is 7.16. The van der Waals surface area contributed by atoms with E-state index < -0.39 is 0 Å². The van der Waals surface area contributed by atoms with Crippen LogP contribution in [0.15, 0.2) is 0 Å². The Kier molecular flexibility index (Phi) is 13.4. The molecular weight excluding hydrogens is 556 g/mol. The van der Waals surface area contributed by atoms with Crippen LogP contribution in [0.25, 0.3) is 17.4 Å². The maximum Gasteiger partial charge on any atom is 0.186 e. The third kappa shape index (κ3) is 7.62. The van der Waals surface area contributed by atoms with E-state index in [0.29, 0.717) is 23.7 Å². The number of nitrogens with zero attached hydrogens (tertiary/aromatic N) is 7. The van der Waals surface area contributed by atoms with Crippen LogP contribution in [-0.4, -0.2) is 39.6 Å². The first kappa shape index (κ1) is 35.1. The van der Waals surface area contributed by atoms with Gasteiger partial charge in [0.05, 0.1) is 11.4 Å². The van der Waals surface area contributed by atoms with Gasteiger partial charge < -0.3 is 0 Å². The Hall–Kier alpha value is -2.77. The predicted molar refractivity (Wildman–Crippen MR) is 187 cm³/mol. The van der Waals surface area contributed by atoms with Crippen LogP contribution in [0.1, 0.15) is 210 Å². The molecule has 4 unspecified atom stereocenters. The topological polar surface area (TPSA) is 89.1 Å². The summed E-state index contributed by atoms with van der Waals surface area (Å²) in [5.74, 6) is 3.63. The molecule has 0 saturated carbocycles. The number of aromatic amines is 1. The van der Waals surface area contributed by atoms with E-state index in [1.807, 2.05) is 0 Å². The van der Waals surface area contributed by atoms with E-state index in [0.717, 1.165) is 85.1 Å². The number of rotatable bonds is 21. The molecule has 8 heteroatoms. The molecule has 0 aliphatic carbocycles. The molecule has 0 spiro atoms. The quantitative estimate of drug-likeness (QED) is 0.100. The van der Waals surface area contributed by atoms with Gasteiger partial charge in [-0.3, -0.25) is 5.10 Å². The summed E-state index contributed by atoms with van der Waals surface area (Å²) in [6.45, 7) is 18.3. The number of aromatic nitrogens is 8. The number of hydrogen-bond donors (Lipinski definition) is 1. The molecule has 45 heavy (non-hydrogen) atoms. The number of H-pyrrole nitrogens is 1. The van der Waals surface area contributed by atoms with Crippen molar-refractivity contribution in [1.82, 2.24) is 39.6 Å². The molecule has 0 aliphatic rings. The molecule has 1 N–H and O–H groups in total. The van der Waals surface area contributed by atoms with Crippen LogP contribution >= 0.6 is 0 Å².